The minimum absolute atomic E-state index is 0.0634. The van der Waals surface area contributed by atoms with Crippen LogP contribution in [0.1, 0.15) is 105 Å². The maximum absolute atomic E-state index is 13.9. The van der Waals surface area contributed by atoms with Crippen LogP contribution in [0.2, 0.25) is 0 Å². The highest BCUT2D eigenvalue weighted by atomic mass is 32.2. The van der Waals surface area contributed by atoms with Gasteiger partial charge in [-0.15, -0.1) is 0 Å². The van der Waals surface area contributed by atoms with Gasteiger partial charge < -0.3 is 9.05 Å². The summed E-state index contributed by atoms with van der Waals surface area (Å²) in [6.45, 7) is 26.1. The molecule has 35 heavy (non-hydrogen) atoms. The van der Waals surface area contributed by atoms with Gasteiger partial charge in [0.15, 0.2) is 0 Å². The number of fused-ring (bicyclic) bond motifs is 2. The fourth-order valence-corrected chi connectivity index (χ4v) is 6.21. The van der Waals surface area contributed by atoms with E-state index < -0.39 is 7.82 Å². The van der Waals surface area contributed by atoms with Gasteiger partial charge >= 0.3 is 7.82 Å². The third-order valence-corrected chi connectivity index (χ3v) is 8.61. The Balaban J connectivity index is 2.46. The first kappa shape index (κ1) is 28.2. The fourth-order valence-electron chi connectivity index (χ4n) is 3.96. The zero-order valence-electron chi connectivity index (χ0n) is 23.8. The van der Waals surface area contributed by atoms with Gasteiger partial charge in [-0.1, -0.05) is 107 Å². The van der Waals surface area contributed by atoms with E-state index in [0.29, 0.717) is 11.5 Å². The summed E-state index contributed by atoms with van der Waals surface area (Å²) in [5.41, 5.74) is 3.77. The number of phosphoric acid groups is 1. The Morgan fingerprint density at radius 3 is 1.23 bits per heavy atom. The van der Waals surface area contributed by atoms with E-state index in [1.165, 1.54) is 18.2 Å². The predicted octanol–water partition coefficient (Wildman–Crippen LogP) is 9.55. The first-order valence-electron chi connectivity index (χ1n) is 12.3. The average Bonchev–Trinajstić information content (AvgIpc) is 2.65. The maximum atomic E-state index is 13.9. The van der Waals surface area contributed by atoms with Crippen LogP contribution >= 0.6 is 19.6 Å². The van der Waals surface area contributed by atoms with Crippen LogP contribution < -0.4 is 9.05 Å². The van der Waals surface area contributed by atoms with Gasteiger partial charge in [0.25, 0.3) is 0 Å². The van der Waals surface area contributed by atoms with Crippen molar-refractivity contribution in [3.8, 4) is 11.5 Å². The van der Waals surface area contributed by atoms with Crippen molar-refractivity contribution in [1.29, 1.82) is 0 Å². The van der Waals surface area contributed by atoms with E-state index in [9.17, 15) is 4.57 Å². The SMILES string of the molecule is COP1(=O)Oc2c(cc(C(C)(C)C)cc2C(C)(C)C)Sc2cc(C(C)(C)C)cc(C(C)(C)C)c2O1. The van der Waals surface area contributed by atoms with E-state index in [1.807, 2.05) is 0 Å². The highest BCUT2D eigenvalue weighted by Crippen LogP contribution is 2.60. The van der Waals surface area contributed by atoms with Crippen LogP contribution in [0, 0.1) is 0 Å². The van der Waals surface area contributed by atoms with E-state index in [-0.39, 0.29) is 21.7 Å². The maximum Gasteiger partial charge on any atom is 0.587 e. The fraction of sp³-hybridized carbons (Fsp3) is 0.586. The topological polar surface area (TPSA) is 44.8 Å². The molecule has 0 saturated carbocycles. The van der Waals surface area contributed by atoms with Gasteiger partial charge in [0.05, 0.1) is 9.79 Å². The lowest BCUT2D eigenvalue weighted by atomic mass is 9.80. The van der Waals surface area contributed by atoms with Gasteiger partial charge in [0, 0.05) is 18.2 Å². The first-order valence-corrected chi connectivity index (χ1v) is 14.5. The molecular weight excluding hydrogens is 475 g/mol. The lowest BCUT2D eigenvalue weighted by molar-refractivity contribution is 0.242. The summed E-state index contributed by atoms with van der Waals surface area (Å²) in [6.07, 6.45) is 0. The average molecular weight is 519 g/mol. The van der Waals surface area contributed by atoms with Gasteiger partial charge in [-0.2, -0.15) is 0 Å². The van der Waals surface area contributed by atoms with Crippen molar-refractivity contribution < 1.29 is 18.1 Å². The molecule has 2 aromatic rings. The molecule has 0 saturated heterocycles. The second kappa shape index (κ2) is 8.85. The van der Waals surface area contributed by atoms with Crippen LogP contribution in [0.25, 0.3) is 0 Å². The molecular formula is C29H43O4PS. The van der Waals surface area contributed by atoms with Crippen molar-refractivity contribution in [2.24, 2.45) is 0 Å². The molecule has 0 atom stereocenters. The third-order valence-electron chi connectivity index (χ3n) is 6.31. The van der Waals surface area contributed by atoms with Crippen LogP contribution in [-0.2, 0) is 30.7 Å². The van der Waals surface area contributed by atoms with Gasteiger partial charge in [-0.3, -0.25) is 4.52 Å². The number of phosphoric ester groups is 1. The molecule has 0 spiro atoms. The number of hydrogen-bond donors (Lipinski definition) is 0. The molecule has 6 heteroatoms. The van der Waals surface area contributed by atoms with Crippen molar-refractivity contribution in [2.75, 3.05) is 7.11 Å². The first-order chi connectivity index (χ1) is 15.7. The van der Waals surface area contributed by atoms with E-state index in [2.05, 4.69) is 107 Å². The molecule has 0 aromatic heterocycles. The lowest BCUT2D eigenvalue weighted by Gasteiger charge is -2.34. The molecule has 0 bridgehead atoms. The molecule has 1 aliphatic heterocycles. The predicted molar refractivity (Wildman–Crippen MR) is 148 cm³/mol. The smallest absolute Gasteiger partial charge is 0.394 e. The molecule has 4 nitrogen and oxygen atoms in total. The summed E-state index contributed by atoms with van der Waals surface area (Å²) < 4.78 is 31.8. The Kier molecular flexibility index (Phi) is 7.12. The summed E-state index contributed by atoms with van der Waals surface area (Å²) in [7, 11) is -2.56. The molecule has 0 aliphatic carbocycles. The van der Waals surface area contributed by atoms with Crippen molar-refractivity contribution in [2.45, 2.75) is 115 Å². The van der Waals surface area contributed by atoms with Crippen LogP contribution in [0.3, 0.4) is 0 Å². The summed E-state index contributed by atoms with van der Waals surface area (Å²) in [6, 6.07) is 8.69. The number of rotatable bonds is 1. The van der Waals surface area contributed by atoms with Crippen molar-refractivity contribution in [1.82, 2.24) is 0 Å². The Labute approximate surface area is 217 Å². The van der Waals surface area contributed by atoms with Gasteiger partial charge in [-0.05, 0) is 44.9 Å². The molecule has 0 unspecified atom stereocenters. The molecule has 0 N–H and O–H groups in total. The highest BCUT2D eigenvalue weighted by molar-refractivity contribution is 7.99. The van der Waals surface area contributed by atoms with E-state index in [4.69, 9.17) is 13.6 Å². The lowest BCUT2D eigenvalue weighted by Crippen LogP contribution is -2.21. The standard InChI is InChI=1S/C29H43O4PS/c1-26(2,3)18-14-20(28(7,8)9)24-22(16-18)35-23-17-19(27(4,5)6)15-21(29(10,11)12)25(23)33-34(30,31-13)32-24/h14-17H,1-13H3. The zero-order valence-corrected chi connectivity index (χ0v) is 25.5. The highest BCUT2D eigenvalue weighted by Gasteiger charge is 2.40. The molecule has 0 radical (unpaired) electrons. The summed E-state index contributed by atoms with van der Waals surface area (Å²) in [4.78, 5) is 1.85. The Hall–Kier alpha value is -1.42. The van der Waals surface area contributed by atoms with Gasteiger partial charge in [0.2, 0.25) is 0 Å². The number of hydrogen-bond acceptors (Lipinski definition) is 5. The van der Waals surface area contributed by atoms with E-state index in [1.54, 1.807) is 11.8 Å². The minimum Gasteiger partial charge on any atom is -0.394 e. The van der Waals surface area contributed by atoms with Crippen LogP contribution in [0.15, 0.2) is 34.1 Å². The van der Waals surface area contributed by atoms with Crippen molar-refractivity contribution in [3.05, 3.63) is 46.5 Å². The third kappa shape index (κ3) is 5.95. The van der Waals surface area contributed by atoms with Crippen molar-refractivity contribution >= 4 is 19.6 Å². The molecule has 0 amide bonds. The van der Waals surface area contributed by atoms with E-state index >= 15 is 0 Å². The van der Waals surface area contributed by atoms with Crippen molar-refractivity contribution in [3.63, 3.8) is 0 Å². The van der Waals surface area contributed by atoms with Crippen LogP contribution in [0.5, 0.6) is 11.5 Å². The normalized spacial score (nSPS) is 16.4. The molecule has 194 valence electrons. The quantitative estimate of drug-likeness (QED) is 0.352. The summed E-state index contributed by atoms with van der Waals surface area (Å²) in [5.74, 6) is 1.15. The van der Waals surface area contributed by atoms with Gasteiger partial charge in [-0.25, -0.2) is 4.57 Å². The van der Waals surface area contributed by atoms with Crippen LogP contribution in [-0.4, -0.2) is 7.11 Å². The summed E-state index contributed by atoms with van der Waals surface area (Å²) in [5, 5.41) is 0. The van der Waals surface area contributed by atoms with E-state index in [0.717, 1.165) is 20.9 Å². The molecule has 1 aliphatic rings. The second-order valence-electron chi connectivity index (χ2n) is 13.6. The second-order valence-corrected chi connectivity index (χ2v) is 16.3. The Morgan fingerprint density at radius 2 is 0.971 bits per heavy atom. The zero-order chi connectivity index (χ0) is 26.8. The molecule has 0 fully saturated rings. The molecule has 2 aromatic carbocycles. The van der Waals surface area contributed by atoms with Gasteiger partial charge in [0.1, 0.15) is 11.5 Å². The number of benzene rings is 2. The molecule has 3 rings (SSSR count). The minimum atomic E-state index is -3.95. The van der Waals surface area contributed by atoms with Crippen LogP contribution in [0.4, 0.5) is 0 Å². The largest absolute Gasteiger partial charge is 0.587 e. The Morgan fingerprint density at radius 1 is 0.629 bits per heavy atom. The monoisotopic (exact) mass is 518 g/mol. The Bertz CT molecular complexity index is 1080. The molecule has 1 heterocycles. The summed E-state index contributed by atoms with van der Waals surface area (Å²) >= 11 is 1.62.